The van der Waals surface area contributed by atoms with E-state index < -0.39 is 5.97 Å². The fourth-order valence-corrected chi connectivity index (χ4v) is 1.30. The summed E-state index contributed by atoms with van der Waals surface area (Å²) in [4.78, 5) is 10.2. The minimum Gasteiger partial charge on any atom is -0.478 e. The molecule has 1 fully saturated rings. The minimum atomic E-state index is -0.904. The summed E-state index contributed by atoms with van der Waals surface area (Å²) in [5, 5.41) is 16.9. The number of hydrogen-bond donors (Lipinski definition) is 1. The summed E-state index contributed by atoms with van der Waals surface area (Å²) in [5.74, 6) is -0.862. The van der Waals surface area contributed by atoms with E-state index in [0.29, 0.717) is 6.42 Å². The molecule has 1 aliphatic rings. The molecule has 0 bridgehead atoms. The topological polar surface area (TPSA) is 61.1 Å². The molecule has 0 aromatic carbocycles. The number of carboxylic acids is 1. The molecule has 0 spiro atoms. The highest BCUT2D eigenvalue weighted by Crippen LogP contribution is 2.29. The monoisotopic (exact) mass is 151 g/mol. The van der Waals surface area contributed by atoms with Crippen LogP contribution in [0.1, 0.15) is 19.3 Å². The van der Waals surface area contributed by atoms with E-state index in [1.807, 2.05) is 0 Å². The molecule has 58 valence electrons. The molecule has 0 amide bonds. The highest BCUT2D eigenvalue weighted by molar-refractivity contribution is 5.80. The van der Waals surface area contributed by atoms with Gasteiger partial charge < -0.3 is 5.11 Å². The molecule has 1 atom stereocenters. The molecule has 1 N–H and O–H groups in total. The number of rotatable bonds is 1. The summed E-state index contributed by atoms with van der Waals surface area (Å²) in [6.45, 7) is 0. The van der Waals surface area contributed by atoms with Crippen molar-refractivity contribution in [2.75, 3.05) is 0 Å². The lowest BCUT2D eigenvalue weighted by Crippen LogP contribution is -1.90. The van der Waals surface area contributed by atoms with Crippen molar-refractivity contribution in [1.29, 1.82) is 5.26 Å². The fourth-order valence-electron chi connectivity index (χ4n) is 1.30. The average Bonchev–Trinajstić information content (AvgIpc) is 2.34. The summed E-state index contributed by atoms with van der Waals surface area (Å²) in [5.41, 5.74) is 0.893. The van der Waals surface area contributed by atoms with Crippen LogP contribution in [0.2, 0.25) is 0 Å². The van der Waals surface area contributed by atoms with Crippen LogP contribution in [0.4, 0.5) is 0 Å². The number of carbonyl (C=O) groups is 1. The molecule has 0 aliphatic heterocycles. The van der Waals surface area contributed by atoms with Gasteiger partial charge >= 0.3 is 5.97 Å². The second kappa shape index (κ2) is 3.20. The molecule has 3 heteroatoms. The van der Waals surface area contributed by atoms with Crippen LogP contribution >= 0.6 is 0 Å². The molecule has 11 heavy (non-hydrogen) atoms. The van der Waals surface area contributed by atoms with Crippen LogP contribution in [-0.2, 0) is 4.79 Å². The molecule has 0 saturated heterocycles. The number of allylic oxidation sites excluding steroid dienone is 1. The third kappa shape index (κ3) is 2.08. The maximum atomic E-state index is 10.2. The lowest BCUT2D eigenvalue weighted by Gasteiger charge is -1.91. The van der Waals surface area contributed by atoms with Gasteiger partial charge in [0.25, 0.3) is 0 Å². The van der Waals surface area contributed by atoms with Crippen LogP contribution in [0.15, 0.2) is 11.6 Å². The van der Waals surface area contributed by atoms with Gasteiger partial charge in [-0.25, -0.2) is 4.79 Å². The first-order chi connectivity index (χ1) is 5.22. The number of carboxylic acid groups (broad SMARTS) is 1. The molecule has 0 aromatic rings. The maximum Gasteiger partial charge on any atom is 0.328 e. The van der Waals surface area contributed by atoms with Crippen LogP contribution in [0.3, 0.4) is 0 Å². The van der Waals surface area contributed by atoms with Gasteiger partial charge in [0.05, 0.1) is 12.0 Å². The highest BCUT2D eigenvalue weighted by Gasteiger charge is 2.18. The van der Waals surface area contributed by atoms with E-state index in [-0.39, 0.29) is 5.92 Å². The second-order valence-electron chi connectivity index (χ2n) is 2.71. The van der Waals surface area contributed by atoms with Crippen LogP contribution in [0, 0.1) is 17.2 Å². The molecule has 1 rings (SSSR count). The normalized spacial score (nSPS) is 26.8. The Kier molecular flexibility index (Phi) is 2.27. The smallest absolute Gasteiger partial charge is 0.328 e. The van der Waals surface area contributed by atoms with Crippen molar-refractivity contribution < 1.29 is 9.90 Å². The maximum absolute atomic E-state index is 10.2. The van der Waals surface area contributed by atoms with Crippen molar-refractivity contribution in [3.05, 3.63) is 11.6 Å². The zero-order valence-corrected chi connectivity index (χ0v) is 6.08. The van der Waals surface area contributed by atoms with Crippen LogP contribution < -0.4 is 0 Å². The molecule has 1 unspecified atom stereocenters. The molecule has 0 radical (unpaired) electrons. The van der Waals surface area contributed by atoms with Crippen LogP contribution in [0.5, 0.6) is 0 Å². The minimum absolute atomic E-state index is 0.0422. The summed E-state index contributed by atoms with van der Waals surface area (Å²) in [6.07, 6.45) is 3.44. The molecular weight excluding hydrogens is 142 g/mol. The lowest BCUT2D eigenvalue weighted by molar-refractivity contribution is -0.131. The summed E-state index contributed by atoms with van der Waals surface area (Å²) < 4.78 is 0. The molecular formula is C8H9NO2. The van der Waals surface area contributed by atoms with Gasteiger partial charge in [0.15, 0.2) is 0 Å². The largest absolute Gasteiger partial charge is 0.478 e. The van der Waals surface area contributed by atoms with Gasteiger partial charge in [-0.05, 0) is 19.3 Å². The standard InChI is InChI=1S/C8H9NO2/c9-5-7-2-1-6(3-7)4-8(10)11/h4,7H,1-3H2,(H,10,11). The Hall–Kier alpha value is -1.30. The third-order valence-corrected chi connectivity index (χ3v) is 1.83. The molecule has 1 saturated carbocycles. The van der Waals surface area contributed by atoms with E-state index in [1.54, 1.807) is 0 Å². The Morgan fingerprint density at radius 1 is 1.82 bits per heavy atom. The Labute approximate surface area is 64.9 Å². The highest BCUT2D eigenvalue weighted by atomic mass is 16.4. The number of nitrogens with zero attached hydrogens (tertiary/aromatic N) is 1. The first-order valence-electron chi connectivity index (χ1n) is 3.54. The first-order valence-corrected chi connectivity index (χ1v) is 3.54. The van der Waals surface area contributed by atoms with Gasteiger partial charge in [-0.2, -0.15) is 5.26 Å². The third-order valence-electron chi connectivity index (χ3n) is 1.83. The second-order valence-corrected chi connectivity index (χ2v) is 2.71. The van der Waals surface area contributed by atoms with Gasteiger partial charge in [0.2, 0.25) is 0 Å². The van der Waals surface area contributed by atoms with Crippen molar-refractivity contribution in [3.8, 4) is 6.07 Å². The summed E-state index contributed by atoms with van der Waals surface area (Å²) in [7, 11) is 0. The van der Waals surface area contributed by atoms with Crippen LogP contribution in [-0.4, -0.2) is 11.1 Å². The number of hydrogen-bond acceptors (Lipinski definition) is 2. The summed E-state index contributed by atoms with van der Waals surface area (Å²) >= 11 is 0. The molecule has 3 nitrogen and oxygen atoms in total. The van der Waals surface area contributed by atoms with Crippen molar-refractivity contribution in [2.45, 2.75) is 19.3 Å². The lowest BCUT2D eigenvalue weighted by atomic mass is 10.1. The van der Waals surface area contributed by atoms with E-state index in [0.717, 1.165) is 18.4 Å². The Morgan fingerprint density at radius 2 is 2.55 bits per heavy atom. The SMILES string of the molecule is N#CC1CCC(=CC(=O)O)C1. The van der Waals surface area contributed by atoms with Gasteiger partial charge in [0.1, 0.15) is 0 Å². The molecule has 0 heterocycles. The zero-order valence-electron chi connectivity index (χ0n) is 6.08. The quantitative estimate of drug-likeness (QED) is 0.575. The van der Waals surface area contributed by atoms with E-state index in [4.69, 9.17) is 10.4 Å². The van der Waals surface area contributed by atoms with Crippen molar-refractivity contribution in [2.24, 2.45) is 5.92 Å². The predicted molar refractivity (Wildman–Crippen MR) is 38.7 cm³/mol. The van der Waals surface area contributed by atoms with Gasteiger partial charge in [0, 0.05) is 6.08 Å². The van der Waals surface area contributed by atoms with Gasteiger partial charge in [-0.1, -0.05) is 5.57 Å². The summed E-state index contributed by atoms with van der Waals surface area (Å²) in [6, 6.07) is 2.13. The van der Waals surface area contributed by atoms with E-state index in [9.17, 15) is 4.79 Å². The van der Waals surface area contributed by atoms with Crippen molar-refractivity contribution in [3.63, 3.8) is 0 Å². The van der Waals surface area contributed by atoms with Gasteiger partial charge in [-0.15, -0.1) is 0 Å². The zero-order chi connectivity index (χ0) is 8.27. The van der Waals surface area contributed by atoms with E-state index in [2.05, 4.69) is 6.07 Å². The molecule has 0 aromatic heterocycles. The van der Waals surface area contributed by atoms with Crippen molar-refractivity contribution in [1.82, 2.24) is 0 Å². The average molecular weight is 151 g/mol. The van der Waals surface area contributed by atoms with E-state index in [1.165, 1.54) is 6.08 Å². The first kappa shape index (κ1) is 7.80. The Morgan fingerprint density at radius 3 is 3.00 bits per heavy atom. The van der Waals surface area contributed by atoms with E-state index >= 15 is 0 Å². The Bertz CT molecular complexity index is 237. The van der Waals surface area contributed by atoms with Crippen molar-refractivity contribution >= 4 is 5.97 Å². The number of aliphatic carboxylic acids is 1. The predicted octanol–water partition coefficient (Wildman–Crippen LogP) is 1.32. The van der Waals surface area contributed by atoms with Crippen LogP contribution in [0.25, 0.3) is 0 Å². The molecule has 1 aliphatic carbocycles. The number of nitriles is 1. The fraction of sp³-hybridized carbons (Fsp3) is 0.500. The van der Waals surface area contributed by atoms with Gasteiger partial charge in [-0.3, -0.25) is 0 Å². The Balaban J connectivity index is 2.55.